The first-order valence-electron chi connectivity index (χ1n) is 10.5. The summed E-state index contributed by atoms with van der Waals surface area (Å²) >= 11 is 0. The van der Waals surface area contributed by atoms with Crippen LogP contribution in [-0.4, -0.2) is 40.8 Å². The highest BCUT2D eigenvalue weighted by atomic mass is 16.5. The Morgan fingerprint density at radius 3 is 2.56 bits per heavy atom. The largest absolute Gasteiger partial charge is 0.462 e. The van der Waals surface area contributed by atoms with Crippen molar-refractivity contribution < 1.29 is 4.74 Å². The third-order valence-electron chi connectivity index (χ3n) is 5.25. The highest BCUT2D eigenvalue weighted by Crippen LogP contribution is 2.28. The minimum absolute atomic E-state index is 0.0241. The Labute approximate surface area is 185 Å². The Bertz CT molecular complexity index is 1360. The molecule has 2 aromatic carbocycles. The fraction of sp³-hybridized carbons (Fsp3) is 0.208. The van der Waals surface area contributed by atoms with Crippen LogP contribution in [0.15, 0.2) is 67.1 Å². The van der Waals surface area contributed by atoms with Crippen molar-refractivity contribution in [2.45, 2.75) is 33.4 Å². The minimum Gasteiger partial charge on any atom is -0.462 e. The molecule has 160 valence electrons. The Kier molecular flexibility index (Phi) is 5.10. The maximum atomic E-state index is 6.00. The summed E-state index contributed by atoms with van der Waals surface area (Å²) in [5.74, 6) is 0. The van der Waals surface area contributed by atoms with Crippen LogP contribution < -0.4 is 4.74 Å². The number of imidazole rings is 1. The van der Waals surface area contributed by atoms with Crippen LogP contribution in [0.25, 0.3) is 28.0 Å². The number of ether oxygens (including phenoxy) is 1. The first-order valence-corrected chi connectivity index (χ1v) is 10.5. The molecular weight excluding hydrogens is 402 g/mol. The maximum Gasteiger partial charge on any atom is 0.299 e. The molecule has 32 heavy (non-hydrogen) atoms. The van der Waals surface area contributed by atoms with Crippen LogP contribution in [0, 0.1) is 6.92 Å². The number of rotatable bonds is 6. The monoisotopic (exact) mass is 425 g/mol. The van der Waals surface area contributed by atoms with E-state index in [-0.39, 0.29) is 6.10 Å². The third kappa shape index (κ3) is 3.71. The summed E-state index contributed by atoms with van der Waals surface area (Å²) in [6.07, 6.45) is 3.44. The van der Waals surface area contributed by atoms with Gasteiger partial charge in [0.1, 0.15) is 11.8 Å². The predicted octanol–water partition coefficient (Wildman–Crippen LogP) is 4.22. The molecule has 0 amide bonds. The molecule has 0 N–H and O–H groups in total. The lowest BCUT2D eigenvalue weighted by Gasteiger charge is -2.13. The molecule has 0 bridgehead atoms. The van der Waals surface area contributed by atoms with Crippen LogP contribution in [-0.2, 0) is 6.54 Å². The number of nitrogens with zero attached hydrogens (tertiary/aromatic N) is 7. The number of aryl methyl sites for hydroxylation is 1. The van der Waals surface area contributed by atoms with Crippen molar-refractivity contribution in [3.05, 3.63) is 78.2 Å². The SMILES string of the molecule is Cc1ccnc2c1nc(OC(C)C)n2Cc1ccc(-c2ccccc2-n2cnnn2)cc1. The van der Waals surface area contributed by atoms with Gasteiger partial charge in [0.05, 0.1) is 18.3 Å². The van der Waals surface area contributed by atoms with E-state index in [0.29, 0.717) is 12.6 Å². The zero-order chi connectivity index (χ0) is 22.1. The zero-order valence-electron chi connectivity index (χ0n) is 18.2. The van der Waals surface area contributed by atoms with Crippen LogP contribution in [0.3, 0.4) is 0 Å². The summed E-state index contributed by atoms with van der Waals surface area (Å²) in [6, 6.07) is 19.1. The van der Waals surface area contributed by atoms with E-state index < -0.39 is 0 Å². The van der Waals surface area contributed by atoms with Gasteiger partial charge in [-0.3, -0.25) is 4.57 Å². The molecule has 0 aliphatic heterocycles. The van der Waals surface area contributed by atoms with E-state index in [1.54, 1.807) is 11.0 Å². The fourth-order valence-corrected chi connectivity index (χ4v) is 3.72. The van der Waals surface area contributed by atoms with Crippen molar-refractivity contribution in [2.24, 2.45) is 0 Å². The number of hydrogen-bond donors (Lipinski definition) is 0. The summed E-state index contributed by atoms with van der Waals surface area (Å²) in [5.41, 5.74) is 6.98. The van der Waals surface area contributed by atoms with Crippen molar-refractivity contribution in [1.29, 1.82) is 0 Å². The van der Waals surface area contributed by atoms with Gasteiger partial charge in [-0.1, -0.05) is 42.5 Å². The minimum atomic E-state index is 0.0241. The Balaban J connectivity index is 1.49. The predicted molar refractivity (Wildman–Crippen MR) is 122 cm³/mol. The molecule has 0 saturated heterocycles. The number of aromatic nitrogens is 7. The molecule has 0 radical (unpaired) electrons. The summed E-state index contributed by atoms with van der Waals surface area (Å²) < 4.78 is 9.70. The van der Waals surface area contributed by atoms with Crippen molar-refractivity contribution in [3.8, 4) is 22.8 Å². The van der Waals surface area contributed by atoms with E-state index in [9.17, 15) is 0 Å². The molecule has 0 saturated carbocycles. The smallest absolute Gasteiger partial charge is 0.299 e. The Morgan fingerprint density at radius 1 is 1.00 bits per heavy atom. The molecule has 0 atom stereocenters. The second-order valence-corrected chi connectivity index (χ2v) is 7.92. The first-order chi connectivity index (χ1) is 15.6. The number of fused-ring (bicyclic) bond motifs is 1. The molecule has 5 aromatic rings. The summed E-state index contributed by atoms with van der Waals surface area (Å²) in [6.45, 7) is 6.66. The molecule has 8 heteroatoms. The molecular formula is C24H23N7O. The number of benzene rings is 2. The average molecular weight is 425 g/mol. The van der Waals surface area contributed by atoms with Gasteiger partial charge in [-0.15, -0.1) is 5.10 Å². The molecule has 0 aliphatic rings. The van der Waals surface area contributed by atoms with Gasteiger partial charge in [0.25, 0.3) is 6.01 Å². The fourth-order valence-electron chi connectivity index (χ4n) is 3.72. The topological polar surface area (TPSA) is 83.5 Å². The third-order valence-corrected chi connectivity index (χ3v) is 5.25. The van der Waals surface area contributed by atoms with Gasteiger partial charge in [-0.25, -0.2) is 4.98 Å². The van der Waals surface area contributed by atoms with Gasteiger partial charge in [0.15, 0.2) is 5.65 Å². The average Bonchev–Trinajstić information content (AvgIpc) is 3.44. The van der Waals surface area contributed by atoms with Crippen LogP contribution in [0.5, 0.6) is 6.01 Å². The molecule has 3 heterocycles. The van der Waals surface area contributed by atoms with Crippen molar-refractivity contribution in [3.63, 3.8) is 0 Å². The van der Waals surface area contributed by atoms with E-state index in [1.807, 2.05) is 55.8 Å². The molecule has 0 spiro atoms. The molecule has 0 fully saturated rings. The molecule has 3 aromatic heterocycles. The number of para-hydroxylation sites is 1. The van der Waals surface area contributed by atoms with Crippen LogP contribution in [0.1, 0.15) is 25.0 Å². The molecule has 5 rings (SSSR count). The lowest BCUT2D eigenvalue weighted by atomic mass is 10.0. The normalized spacial score (nSPS) is 11.4. The second-order valence-electron chi connectivity index (χ2n) is 7.92. The lowest BCUT2D eigenvalue weighted by Crippen LogP contribution is -2.11. The lowest BCUT2D eigenvalue weighted by molar-refractivity contribution is 0.214. The van der Waals surface area contributed by atoms with Crippen molar-refractivity contribution in [1.82, 2.24) is 34.7 Å². The van der Waals surface area contributed by atoms with Gasteiger partial charge in [0, 0.05) is 11.8 Å². The number of pyridine rings is 1. The van der Waals surface area contributed by atoms with Gasteiger partial charge in [-0.2, -0.15) is 9.67 Å². The quantitative estimate of drug-likeness (QED) is 0.405. The van der Waals surface area contributed by atoms with Gasteiger partial charge in [0.2, 0.25) is 0 Å². The van der Waals surface area contributed by atoms with Crippen LogP contribution in [0.4, 0.5) is 0 Å². The second kappa shape index (κ2) is 8.22. The first kappa shape index (κ1) is 19.9. The Hall–Kier alpha value is -4.07. The summed E-state index contributed by atoms with van der Waals surface area (Å²) in [5, 5.41) is 11.5. The number of tetrazole rings is 1. The molecule has 0 unspecified atom stereocenters. The van der Waals surface area contributed by atoms with Gasteiger partial charge in [-0.05, 0) is 60.0 Å². The Morgan fingerprint density at radius 2 is 1.81 bits per heavy atom. The molecule has 8 nitrogen and oxygen atoms in total. The molecule has 0 aliphatic carbocycles. The van der Waals surface area contributed by atoms with E-state index >= 15 is 0 Å². The highest BCUT2D eigenvalue weighted by molar-refractivity contribution is 5.76. The van der Waals surface area contributed by atoms with E-state index in [4.69, 9.17) is 9.72 Å². The van der Waals surface area contributed by atoms with Gasteiger partial charge < -0.3 is 4.74 Å². The summed E-state index contributed by atoms with van der Waals surface area (Å²) in [4.78, 5) is 9.28. The number of hydrogen-bond acceptors (Lipinski definition) is 6. The van der Waals surface area contributed by atoms with Gasteiger partial charge >= 0.3 is 0 Å². The standard InChI is InChI=1S/C24H23N7O/c1-16(2)32-24-27-22-17(3)12-13-25-23(22)30(24)14-18-8-10-19(11-9-18)20-6-4-5-7-21(20)31-15-26-28-29-31/h4-13,15-16H,14H2,1-3H3. The van der Waals surface area contributed by atoms with E-state index in [0.717, 1.165) is 39.1 Å². The van der Waals surface area contributed by atoms with Crippen molar-refractivity contribution >= 4 is 11.2 Å². The van der Waals surface area contributed by atoms with E-state index in [1.165, 1.54) is 0 Å². The van der Waals surface area contributed by atoms with Crippen LogP contribution in [0.2, 0.25) is 0 Å². The van der Waals surface area contributed by atoms with Crippen LogP contribution >= 0.6 is 0 Å². The summed E-state index contributed by atoms with van der Waals surface area (Å²) in [7, 11) is 0. The van der Waals surface area contributed by atoms with E-state index in [2.05, 4.69) is 50.8 Å². The van der Waals surface area contributed by atoms with Crippen molar-refractivity contribution in [2.75, 3.05) is 0 Å². The maximum absolute atomic E-state index is 6.00. The zero-order valence-corrected chi connectivity index (χ0v) is 18.2. The highest BCUT2D eigenvalue weighted by Gasteiger charge is 2.16.